The number of aromatic nitrogens is 1. The largest absolute Gasteiger partial charge is 0.496 e. The number of H-pyrrole nitrogens is 1. The Hall–Kier alpha value is -6.54. The SMILES string of the molecule is COc1ccc2cc(-c3ccccc3)ccc2c1-c1c(N(NC(=O)OCc2ccccc2)C(=O)OCc2ccccc2)[nH]c2ccccc12. The lowest BCUT2D eigenvalue weighted by atomic mass is 9.93. The van der Waals surface area contributed by atoms with Crippen LogP contribution < -0.4 is 15.2 Å². The van der Waals surface area contributed by atoms with Gasteiger partial charge in [0.05, 0.1) is 7.11 Å². The number of hydrogen-bond donors (Lipinski definition) is 2. The van der Waals surface area contributed by atoms with Crippen LogP contribution in [0.5, 0.6) is 5.75 Å². The lowest BCUT2D eigenvalue weighted by molar-refractivity contribution is 0.126. The molecule has 0 unspecified atom stereocenters. The number of anilines is 1. The fourth-order valence-electron chi connectivity index (χ4n) is 5.92. The molecule has 0 spiro atoms. The van der Waals surface area contributed by atoms with Crippen LogP contribution in [-0.4, -0.2) is 24.3 Å². The molecule has 2 amide bonds. The first-order valence-electron chi connectivity index (χ1n) is 15.8. The molecule has 0 aliphatic rings. The van der Waals surface area contributed by atoms with E-state index in [0.717, 1.165) is 54.5 Å². The second-order valence-electron chi connectivity index (χ2n) is 11.4. The average molecular weight is 648 g/mol. The van der Waals surface area contributed by atoms with E-state index < -0.39 is 12.2 Å². The zero-order valence-electron chi connectivity index (χ0n) is 26.8. The standard InChI is InChI=1S/C41H33N3O5/c1-47-36-24-22-32-25-31(30-17-9-4-10-18-30)21-23-33(32)37(36)38-34-19-11-12-20-35(34)42-39(38)44(41(46)49-27-29-15-7-3-8-16-29)43-40(45)48-26-28-13-5-2-6-14-28/h2-25,42H,26-27H2,1H3,(H,43,45). The normalized spacial score (nSPS) is 10.9. The van der Waals surface area contributed by atoms with Crippen LogP contribution in [0.3, 0.4) is 0 Å². The molecule has 0 fully saturated rings. The van der Waals surface area contributed by atoms with Crippen LogP contribution in [-0.2, 0) is 22.7 Å². The van der Waals surface area contributed by atoms with Gasteiger partial charge in [-0.1, -0.05) is 127 Å². The topological polar surface area (TPSA) is 92.9 Å². The summed E-state index contributed by atoms with van der Waals surface area (Å²) in [6.07, 6.45) is -1.64. The number of methoxy groups -OCH3 is 1. The van der Waals surface area contributed by atoms with E-state index in [1.165, 1.54) is 0 Å². The van der Waals surface area contributed by atoms with E-state index in [1.807, 2.05) is 115 Å². The first-order valence-corrected chi connectivity index (χ1v) is 15.8. The summed E-state index contributed by atoms with van der Waals surface area (Å²) in [5.41, 5.74) is 8.55. The van der Waals surface area contributed by atoms with E-state index in [1.54, 1.807) is 7.11 Å². The van der Waals surface area contributed by atoms with E-state index in [4.69, 9.17) is 14.2 Å². The minimum atomic E-state index is -0.831. The van der Waals surface area contributed by atoms with Crippen molar-refractivity contribution in [2.45, 2.75) is 13.2 Å². The number of hydrogen-bond acceptors (Lipinski definition) is 5. The first kappa shape index (κ1) is 31.1. The number of carbonyl (C=O) groups is 2. The van der Waals surface area contributed by atoms with Gasteiger partial charge in [-0.25, -0.2) is 15.0 Å². The van der Waals surface area contributed by atoms with E-state index in [-0.39, 0.29) is 19.0 Å². The number of rotatable bonds is 8. The number of amides is 2. The van der Waals surface area contributed by atoms with Crippen molar-refractivity contribution in [1.29, 1.82) is 0 Å². The van der Waals surface area contributed by atoms with Crippen molar-refractivity contribution >= 4 is 39.7 Å². The third-order valence-corrected chi connectivity index (χ3v) is 8.27. The van der Waals surface area contributed by atoms with Gasteiger partial charge >= 0.3 is 12.2 Å². The van der Waals surface area contributed by atoms with Gasteiger partial charge in [-0.15, -0.1) is 0 Å². The Kier molecular flexibility index (Phi) is 8.92. The third kappa shape index (κ3) is 6.66. The monoisotopic (exact) mass is 647 g/mol. The smallest absolute Gasteiger partial charge is 0.435 e. The lowest BCUT2D eigenvalue weighted by Gasteiger charge is -2.23. The Balaban J connectivity index is 1.35. The van der Waals surface area contributed by atoms with Crippen molar-refractivity contribution in [2.75, 3.05) is 12.1 Å². The van der Waals surface area contributed by atoms with Gasteiger partial charge < -0.3 is 19.2 Å². The highest BCUT2D eigenvalue weighted by atomic mass is 16.6. The maximum absolute atomic E-state index is 14.0. The van der Waals surface area contributed by atoms with Crippen molar-refractivity contribution in [3.8, 4) is 28.0 Å². The molecule has 1 heterocycles. The molecule has 8 heteroatoms. The van der Waals surface area contributed by atoms with Crippen LogP contribution >= 0.6 is 0 Å². The summed E-state index contributed by atoms with van der Waals surface area (Å²) >= 11 is 0. The van der Waals surface area contributed by atoms with Crippen LogP contribution in [0.1, 0.15) is 11.1 Å². The van der Waals surface area contributed by atoms with Gasteiger partial charge in [-0.3, -0.25) is 0 Å². The quantitative estimate of drug-likeness (QED) is 0.160. The van der Waals surface area contributed by atoms with Gasteiger partial charge in [0.25, 0.3) is 0 Å². The molecule has 8 nitrogen and oxygen atoms in total. The number of fused-ring (bicyclic) bond motifs is 2. The second-order valence-corrected chi connectivity index (χ2v) is 11.4. The number of para-hydroxylation sites is 1. The molecular formula is C41H33N3O5. The molecule has 1 aromatic heterocycles. The van der Waals surface area contributed by atoms with E-state index in [9.17, 15) is 9.59 Å². The fraction of sp³-hybridized carbons (Fsp3) is 0.0732. The maximum Gasteiger partial charge on any atom is 0.435 e. The van der Waals surface area contributed by atoms with Crippen molar-refractivity contribution in [2.24, 2.45) is 0 Å². The Labute approximate surface area is 283 Å². The minimum Gasteiger partial charge on any atom is -0.496 e. The number of carbonyl (C=O) groups excluding carboxylic acids is 2. The molecule has 0 aliphatic heterocycles. The number of benzene rings is 6. The Bertz CT molecular complexity index is 2230. The van der Waals surface area contributed by atoms with Crippen LogP contribution in [0.25, 0.3) is 43.9 Å². The van der Waals surface area contributed by atoms with E-state index in [0.29, 0.717) is 11.3 Å². The second kappa shape index (κ2) is 14.1. The summed E-state index contributed by atoms with van der Waals surface area (Å²) in [6.45, 7) is 0.00631. The molecule has 2 N–H and O–H groups in total. The highest BCUT2D eigenvalue weighted by Gasteiger charge is 2.30. The number of nitrogens with one attached hydrogen (secondary N) is 2. The number of aromatic amines is 1. The molecule has 0 bridgehead atoms. The molecule has 0 atom stereocenters. The van der Waals surface area contributed by atoms with Crippen molar-refractivity contribution < 1.29 is 23.8 Å². The van der Waals surface area contributed by atoms with Crippen molar-refractivity contribution in [3.63, 3.8) is 0 Å². The van der Waals surface area contributed by atoms with Crippen LogP contribution in [0.4, 0.5) is 15.4 Å². The van der Waals surface area contributed by atoms with Gasteiger partial charge in [0, 0.05) is 22.0 Å². The van der Waals surface area contributed by atoms with Crippen molar-refractivity contribution in [3.05, 3.63) is 157 Å². The van der Waals surface area contributed by atoms with E-state index in [2.05, 4.69) is 40.7 Å². The molecule has 0 aliphatic carbocycles. The number of hydrazine groups is 1. The highest BCUT2D eigenvalue weighted by Crippen LogP contribution is 2.46. The molecule has 0 saturated heterocycles. The van der Waals surface area contributed by atoms with Crippen LogP contribution in [0.2, 0.25) is 0 Å². The zero-order valence-corrected chi connectivity index (χ0v) is 26.8. The van der Waals surface area contributed by atoms with Gasteiger partial charge in [0.15, 0.2) is 0 Å². The predicted octanol–water partition coefficient (Wildman–Crippen LogP) is 9.65. The molecule has 0 radical (unpaired) electrons. The molecule has 6 aromatic carbocycles. The van der Waals surface area contributed by atoms with E-state index >= 15 is 0 Å². The Morgan fingerprint density at radius 1 is 0.633 bits per heavy atom. The molecular weight excluding hydrogens is 614 g/mol. The van der Waals surface area contributed by atoms with Gasteiger partial charge in [-0.2, -0.15) is 5.01 Å². The molecule has 49 heavy (non-hydrogen) atoms. The summed E-state index contributed by atoms with van der Waals surface area (Å²) in [6, 6.07) is 46.7. The van der Waals surface area contributed by atoms with Crippen LogP contribution in [0, 0.1) is 0 Å². The van der Waals surface area contributed by atoms with Gasteiger partial charge in [-0.05, 0) is 51.2 Å². The van der Waals surface area contributed by atoms with Crippen LogP contribution in [0.15, 0.2) is 146 Å². The molecule has 7 rings (SSSR count). The third-order valence-electron chi connectivity index (χ3n) is 8.27. The zero-order chi connectivity index (χ0) is 33.6. The summed E-state index contributed by atoms with van der Waals surface area (Å²) in [5.74, 6) is 0.879. The summed E-state index contributed by atoms with van der Waals surface area (Å²) in [7, 11) is 1.61. The molecule has 242 valence electrons. The predicted molar refractivity (Wildman–Crippen MR) is 192 cm³/mol. The summed E-state index contributed by atoms with van der Waals surface area (Å²) < 4.78 is 17.3. The maximum atomic E-state index is 14.0. The first-order chi connectivity index (χ1) is 24.1. The summed E-state index contributed by atoms with van der Waals surface area (Å²) in [4.78, 5) is 30.7. The Morgan fingerprint density at radius 2 is 1.27 bits per heavy atom. The van der Waals surface area contributed by atoms with Gasteiger partial charge in [0.2, 0.25) is 0 Å². The summed E-state index contributed by atoms with van der Waals surface area (Å²) in [5, 5.41) is 3.76. The average Bonchev–Trinajstić information content (AvgIpc) is 3.54. The molecule has 7 aromatic rings. The van der Waals surface area contributed by atoms with Gasteiger partial charge in [0.1, 0.15) is 24.8 Å². The molecule has 0 saturated carbocycles. The highest BCUT2D eigenvalue weighted by molar-refractivity contribution is 6.14. The Morgan fingerprint density at radius 3 is 1.96 bits per heavy atom. The van der Waals surface area contributed by atoms with Crippen molar-refractivity contribution in [1.82, 2.24) is 10.4 Å². The lowest BCUT2D eigenvalue weighted by Crippen LogP contribution is -2.47. The fourth-order valence-corrected chi connectivity index (χ4v) is 5.92. The number of nitrogens with zero attached hydrogens (tertiary/aromatic N) is 1. The number of ether oxygens (including phenoxy) is 3. The minimum absolute atomic E-state index is 0.00761.